The lowest BCUT2D eigenvalue weighted by Crippen LogP contribution is -2.46. The van der Waals surface area contributed by atoms with E-state index in [0.717, 1.165) is 21.9 Å². The van der Waals surface area contributed by atoms with Gasteiger partial charge in [-0.25, -0.2) is 0 Å². The Balaban J connectivity index is 1.34. The normalized spacial score (nSPS) is 12.2. The van der Waals surface area contributed by atoms with Crippen LogP contribution in [0.4, 0.5) is 0 Å². The Kier molecular flexibility index (Phi) is 5.33. The SMILES string of the molecule is CC[C@H](NC(=O)c1cc2ccccc2o1)C(=O)NCCc1c[nH]c2ccccc12. The number of H-pyrrole nitrogens is 1. The summed E-state index contributed by atoms with van der Waals surface area (Å²) in [5.74, 6) is -0.382. The maximum Gasteiger partial charge on any atom is 0.287 e. The van der Waals surface area contributed by atoms with Gasteiger partial charge in [0.05, 0.1) is 0 Å². The highest BCUT2D eigenvalue weighted by molar-refractivity contribution is 5.98. The van der Waals surface area contributed by atoms with Crippen molar-refractivity contribution in [2.24, 2.45) is 0 Å². The summed E-state index contributed by atoms with van der Waals surface area (Å²) in [5, 5.41) is 7.70. The third-order valence-corrected chi connectivity index (χ3v) is 5.05. The van der Waals surface area contributed by atoms with Crippen LogP contribution in [-0.2, 0) is 11.2 Å². The van der Waals surface area contributed by atoms with Gasteiger partial charge in [0.1, 0.15) is 11.6 Å². The van der Waals surface area contributed by atoms with E-state index in [1.165, 1.54) is 0 Å². The fourth-order valence-corrected chi connectivity index (χ4v) is 3.46. The Labute approximate surface area is 168 Å². The average Bonchev–Trinajstić information content (AvgIpc) is 3.36. The molecule has 0 spiro atoms. The number of aromatic amines is 1. The summed E-state index contributed by atoms with van der Waals surface area (Å²) in [6.07, 6.45) is 3.17. The molecule has 0 bridgehead atoms. The van der Waals surface area contributed by atoms with Crippen molar-refractivity contribution in [3.63, 3.8) is 0 Å². The topological polar surface area (TPSA) is 87.1 Å². The van der Waals surface area contributed by atoms with Gasteiger partial charge in [0.2, 0.25) is 5.91 Å². The van der Waals surface area contributed by atoms with Gasteiger partial charge in [-0.2, -0.15) is 0 Å². The summed E-state index contributed by atoms with van der Waals surface area (Å²) in [4.78, 5) is 28.3. The molecule has 4 rings (SSSR count). The molecule has 0 fully saturated rings. The molecule has 2 aromatic carbocycles. The predicted molar refractivity (Wildman–Crippen MR) is 113 cm³/mol. The molecule has 3 N–H and O–H groups in total. The molecule has 29 heavy (non-hydrogen) atoms. The Hall–Kier alpha value is -3.54. The fourth-order valence-electron chi connectivity index (χ4n) is 3.46. The highest BCUT2D eigenvalue weighted by Crippen LogP contribution is 2.19. The minimum Gasteiger partial charge on any atom is -0.451 e. The predicted octanol–water partition coefficient (Wildman–Crippen LogP) is 3.78. The van der Waals surface area contributed by atoms with Crippen LogP contribution in [0.1, 0.15) is 29.5 Å². The molecule has 2 heterocycles. The van der Waals surface area contributed by atoms with Crippen molar-refractivity contribution in [1.29, 1.82) is 0 Å². The Morgan fingerprint density at radius 3 is 2.72 bits per heavy atom. The zero-order chi connectivity index (χ0) is 20.2. The van der Waals surface area contributed by atoms with Crippen molar-refractivity contribution in [3.05, 3.63) is 72.1 Å². The molecule has 6 nitrogen and oxygen atoms in total. The zero-order valence-corrected chi connectivity index (χ0v) is 16.2. The first-order valence-corrected chi connectivity index (χ1v) is 9.78. The molecule has 2 amide bonds. The average molecular weight is 389 g/mol. The number of carbonyl (C=O) groups is 2. The maximum absolute atomic E-state index is 12.5. The van der Waals surface area contributed by atoms with E-state index in [-0.39, 0.29) is 17.6 Å². The van der Waals surface area contributed by atoms with Gasteiger partial charge < -0.3 is 20.0 Å². The van der Waals surface area contributed by atoms with Crippen molar-refractivity contribution < 1.29 is 14.0 Å². The van der Waals surface area contributed by atoms with Crippen LogP contribution in [0, 0.1) is 0 Å². The van der Waals surface area contributed by atoms with Crippen molar-refractivity contribution in [2.75, 3.05) is 6.54 Å². The first-order valence-electron chi connectivity index (χ1n) is 9.78. The van der Waals surface area contributed by atoms with Gasteiger partial charge >= 0.3 is 0 Å². The molecule has 2 aromatic heterocycles. The number of fused-ring (bicyclic) bond motifs is 2. The smallest absolute Gasteiger partial charge is 0.287 e. The molecule has 0 unspecified atom stereocenters. The summed E-state index contributed by atoms with van der Waals surface area (Å²) in [6.45, 7) is 2.36. The Bertz CT molecular complexity index is 1130. The molecule has 0 aliphatic rings. The minimum atomic E-state index is -0.612. The van der Waals surface area contributed by atoms with Gasteiger partial charge in [0, 0.05) is 29.0 Å². The summed E-state index contributed by atoms with van der Waals surface area (Å²) >= 11 is 0. The number of rotatable bonds is 7. The maximum atomic E-state index is 12.5. The van der Waals surface area contributed by atoms with Crippen LogP contribution in [0.25, 0.3) is 21.9 Å². The molecule has 0 saturated heterocycles. The monoisotopic (exact) mass is 389 g/mol. The molecular formula is C23H23N3O3. The molecule has 0 radical (unpaired) electrons. The number of amides is 2. The summed E-state index contributed by atoms with van der Waals surface area (Å²) in [6, 6.07) is 16.6. The van der Waals surface area contributed by atoms with Crippen LogP contribution in [0.2, 0.25) is 0 Å². The third-order valence-electron chi connectivity index (χ3n) is 5.05. The number of hydrogen-bond donors (Lipinski definition) is 3. The Morgan fingerprint density at radius 2 is 1.90 bits per heavy atom. The van der Waals surface area contributed by atoms with E-state index in [2.05, 4.69) is 21.7 Å². The number of para-hydroxylation sites is 2. The lowest BCUT2D eigenvalue weighted by molar-refractivity contribution is -0.123. The molecular weight excluding hydrogens is 366 g/mol. The molecule has 6 heteroatoms. The van der Waals surface area contributed by atoms with Gasteiger partial charge in [-0.3, -0.25) is 9.59 Å². The summed E-state index contributed by atoms with van der Waals surface area (Å²) in [5.41, 5.74) is 2.88. The lowest BCUT2D eigenvalue weighted by Gasteiger charge is -2.16. The molecule has 0 aliphatic carbocycles. The zero-order valence-electron chi connectivity index (χ0n) is 16.2. The number of aromatic nitrogens is 1. The van der Waals surface area contributed by atoms with Crippen LogP contribution in [0.15, 0.2) is 65.2 Å². The van der Waals surface area contributed by atoms with Crippen LogP contribution >= 0.6 is 0 Å². The van der Waals surface area contributed by atoms with E-state index in [1.807, 2.05) is 49.5 Å². The number of furan rings is 1. The summed E-state index contributed by atoms with van der Waals surface area (Å²) < 4.78 is 5.58. The Morgan fingerprint density at radius 1 is 1.10 bits per heavy atom. The number of nitrogens with one attached hydrogen (secondary N) is 3. The van der Waals surface area contributed by atoms with Crippen LogP contribution in [0.5, 0.6) is 0 Å². The molecule has 1 atom stereocenters. The minimum absolute atomic E-state index is 0.197. The van der Waals surface area contributed by atoms with Crippen molar-refractivity contribution in [1.82, 2.24) is 15.6 Å². The lowest BCUT2D eigenvalue weighted by atomic mass is 10.1. The van der Waals surface area contributed by atoms with Crippen molar-refractivity contribution in [3.8, 4) is 0 Å². The summed E-state index contributed by atoms with van der Waals surface area (Å²) in [7, 11) is 0. The number of benzene rings is 2. The second-order valence-electron chi connectivity index (χ2n) is 6.98. The highest BCUT2D eigenvalue weighted by Gasteiger charge is 2.21. The van der Waals surface area contributed by atoms with Gasteiger partial charge in [0.15, 0.2) is 5.76 Å². The molecule has 4 aromatic rings. The first-order chi connectivity index (χ1) is 14.2. The largest absolute Gasteiger partial charge is 0.451 e. The number of carbonyl (C=O) groups excluding carboxylic acids is 2. The van der Waals surface area contributed by atoms with Gasteiger partial charge in [-0.1, -0.05) is 43.3 Å². The molecule has 0 aliphatic heterocycles. The van der Waals surface area contributed by atoms with Crippen molar-refractivity contribution >= 4 is 33.7 Å². The fraction of sp³-hybridized carbons (Fsp3) is 0.217. The molecule has 148 valence electrons. The van der Waals surface area contributed by atoms with E-state index in [4.69, 9.17) is 4.42 Å². The van der Waals surface area contributed by atoms with Crippen LogP contribution < -0.4 is 10.6 Å². The first kappa shape index (κ1) is 18.8. The number of hydrogen-bond acceptors (Lipinski definition) is 3. The van der Waals surface area contributed by atoms with Gasteiger partial charge in [0.25, 0.3) is 5.91 Å². The molecule has 0 saturated carbocycles. The van der Waals surface area contributed by atoms with Gasteiger partial charge in [-0.05, 0) is 36.6 Å². The second-order valence-corrected chi connectivity index (χ2v) is 6.98. The van der Waals surface area contributed by atoms with E-state index in [0.29, 0.717) is 25.0 Å². The quantitative estimate of drug-likeness (QED) is 0.449. The van der Waals surface area contributed by atoms with Crippen molar-refractivity contribution in [2.45, 2.75) is 25.8 Å². The second kappa shape index (κ2) is 8.22. The van der Waals surface area contributed by atoms with Gasteiger partial charge in [-0.15, -0.1) is 0 Å². The van der Waals surface area contributed by atoms with E-state index in [9.17, 15) is 9.59 Å². The highest BCUT2D eigenvalue weighted by atomic mass is 16.3. The van der Waals surface area contributed by atoms with E-state index >= 15 is 0 Å². The van der Waals surface area contributed by atoms with Crippen LogP contribution in [0.3, 0.4) is 0 Å². The van der Waals surface area contributed by atoms with E-state index < -0.39 is 6.04 Å². The standard InChI is InChI=1S/C23H23N3O3/c1-2-18(26-23(28)21-13-15-7-3-6-10-20(15)29-21)22(27)24-12-11-16-14-25-19-9-5-4-8-17(16)19/h3-10,13-14,18,25H,2,11-12H2,1H3,(H,24,27)(H,26,28)/t18-/m0/s1. The third kappa shape index (κ3) is 4.01. The van der Waals surface area contributed by atoms with Crippen LogP contribution in [-0.4, -0.2) is 29.4 Å². The van der Waals surface area contributed by atoms with E-state index in [1.54, 1.807) is 12.1 Å².